The first-order valence-corrected chi connectivity index (χ1v) is 9.03. The van der Waals surface area contributed by atoms with Crippen molar-refractivity contribution in [3.05, 3.63) is 67.9 Å². The summed E-state index contributed by atoms with van der Waals surface area (Å²) >= 11 is 8.65. The van der Waals surface area contributed by atoms with Gasteiger partial charge >= 0.3 is 0 Å². The molecule has 2 aromatic heterocycles. The number of carbonyl (C=O) groups is 1. The number of aromatic nitrogens is 1. The van der Waals surface area contributed by atoms with E-state index in [1.807, 2.05) is 11.4 Å². The summed E-state index contributed by atoms with van der Waals surface area (Å²) in [5, 5.41) is 15.6. The van der Waals surface area contributed by atoms with E-state index in [0.29, 0.717) is 15.0 Å². The van der Waals surface area contributed by atoms with Crippen LogP contribution in [0.4, 0.5) is 10.8 Å². The van der Waals surface area contributed by atoms with E-state index < -0.39 is 4.92 Å². The van der Waals surface area contributed by atoms with Crippen molar-refractivity contribution in [3.8, 4) is 10.6 Å². The number of hydrogen-bond donors (Lipinski definition) is 1. The molecule has 0 spiro atoms. The van der Waals surface area contributed by atoms with Gasteiger partial charge in [0.2, 0.25) is 5.91 Å². The fraction of sp³-hybridized carbons (Fsp3) is 0. The van der Waals surface area contributed by atoms with Crippen molar-refractivity contribution >= 4 is 57.1 Å². The number of nitro groups is 1. The van der Waals surface area contributed by atoms with Crippen LogP contribution in [0.15, 0.2) is 47.9 Å². The number of hydrogen-bond acceptors (Lipinski definition) is 6. The average molecular weight is 392 g/mol. The first-order chi connectivity index (χ1) is 12.0. The van der Waals surface area contributed by atoms with Crippen molar-refractivity contribution in [2.45, 2.75) is 0 Å². The van der Waals surface area contributed by atoms with Crippen LogP contribution in [0.25, 0.3) is 16.6 Å². The monoisotopic (exact) mass is 391 g/mol. The van der Waals surface area contributed by atoms with E-state index in [1.54, 1.807) is 24.3 Å². The van der Waals surface area contributed by atoms with Crippen molar-refractivity contribution in [1.29, 1.82) is 0 Å². The SMILES string of the molecule is O=C(C=Cc1ccc([N+](=O)[O-])cc1)Nc1nc(-c2ccc(Cl)s2)cs1. The molecular formula is C16H10ClN3O3S2. The number of nitrogens with one attached hydrogen (secondary N) is 1. The molecule has 0 bridgehead atoms. The fourth-order valence-corrected chi connectivity index (χ4v) is 3.71. The summed E-state index contributed by atoms with van der Waals surface area (Å²) in [6.45, 7) is 0. The van der Waals surface area contributed by atoms with Crippen LogP contribution in [0.1, 0.15) is 5.56 Å². The van der Waals surface area contributed by atoms with Crippen LogP contribution >= 0.6 is 34.3 Å². The largest absolute Gasteiger partial charge is 0.298 e. The summed E-state index contributed by atoms with van der Waals surface area (Å²) in [6.07, 6.45) is 2.93. The third-order valence-electron chi connectivity index (χ3n) is 3.09. The molecule has 1 aromatic carbocycles. The smallest absolute Gasteiger partial charge is 0.269 e. The van der Waals surface area contributed by atoms with Crippen LogP contribution in [0.3, 0.4) is 0 Å². The third-order valence-corrected chi connectivity index (χ3v) is 5.10. The number of non-ortho nitro benzene ring substituents is 1. The standard InChI is InChI=1S/C16H10ClN3O3S2/c17-14-7-6-13(25-14)12-9-24-16(18-12)19-15(21)8-3-10-1-4-11(5-2-10)20(22)23/h1-9H,(H,18,19,21). The second-order valence-corrected chi connectivity index (χ2v) is 7.39. The number of thiophene rings is 1. The lowest BCUT2D eigenvalue weighted by molar-refractivity contribution is -0.384. The molecule has 0 atom stereocenters. The lowest BCUT2D eigenvalue weighted by Crippen LogP contribution is -2.07. The van der Waals surface area contributed by atoms with E-state index in [1.165, 1.54) is 40.9 Å². The zero-order chi connectivity index (χ0) is 17.8. The summed E-state index contributed by atoms with van der Waals surface area (Å²) in [5.41, 5.74) is 1.45. The summed E-state index contributed by atoms with van der Waals surface area (Å²) in [5.74, 6) is -0.330. The number of nitro benzene ring substituents is 1. The predicted molar refractivity (Wildman–Crippen MR) is 101 cm³/mol. The third kappa shape index (κ3) is 4.50. The molecule has 25 heavy (non-hydrogen) atoms. The fourth-order valence-electron chi connectivity index (χ4n) is 1.92. The lowest BCUT2D eigenvalue weighted by Gasteiger charge is -1.96. The molecule has 0 saturated heterocycles. The highest BCUT2D eigenvalue weighted by atomic mass is 35.5. The van der Waals surface area contributed by atoms with E-state index in [9.17, 15) is 14.9 Å². The van der Waals surface area contributed by atoms with Gasteiger partial charge < -0.3 is 0 Å². The molecule has 9 heteroatoms. The quantitative estimate of drug-likeness (QED) is 0.373. The summed E-state index contributed by atoms with van der Waals surface area (Å²) in [4.78, 5) is 27.4. The number of benzene rings is 1. The van der Waals surface area contributed by atoms with Crippen molar-refractivity contribution in [2.24, 2.45) is 0 Å². The predicted octanol–water partition coefficient (Wildman–Crippen LogP) is 5.09. The number of anilines is 1. The van der Waals surface area contributed by atoms with Crippen LogP contribution in [0, 0.1) is 10.1 Å². The molecule has 6 nitrogen and oxygen atoms in total. The maximum Gasteiger partial charge on any atom is 0.269 e. The molecule has 0 fully saturated rings. The Morgan fingerprint density at radius 3 is 2.64 bits per heavy atom. The Morgan fingerprint density at radius 1 is 1.24 bits per heavy atom. The van der Waals surface area contributed by atoms with Crippen LogP contribution < -0.4 is 5.32 Å². The van der Waals surface area contributed by atoms with E-state index in [0.717, 1.165) is 10.6 Å². The minimum atomic E-state index is -0.471. The number of halogens is 1. The number of nitrogens with zero attached hydrogens (tertiary/aromatic N) is 2. The van der Waals surface area contributed by atoms with Gasteiger partial charge in [-0.1, -0.05) is 11.6 Å². The van der Waals surface area contributed by atoms with Gasteiger partial charge in [0.15, 0.2) is 5.13 Å². The van der Waals surface area contributed by atoms with Gasteiger partial charge in [-0.3, -0.25) is 20.2 Å². The Morgan fingerprint density at radius 2 is 2.00 bits per heavy atom. The molecular weight excluding hydrogens is 382 g/mol. The van der Waals surface area contributed by atoms with Crippen LogP contribution in [-0.2, 0) is 4.79 Å². The maximum absolute atomic E-state index is 12.0. The molecule has 0 aliphatic carbocycles. The van der Waals surface area contributed by atoms with Crippen LogP contribution in [0.2, 0.25) is 4.34 Å². The highest BCUT2D eigenvalue weighted by Crippen LogP contribution is 2.32. The maximum atomic E-state index is 12.0. The first kappa shape index (κ1) is 17.3. The van der Waals surface area contributed by atoms with E-state index in [4.69, 9.17) is 11.6 Å². The summed E-state index contributed by atoms with van der Waals surface area (Å²) in [6, 6.07) is 9.59. The Labute approximate surface area is 155 Å². The Bertz CT molecular complexity index is 948. The van der Waals surface area contributed by atoms with E-state index in [2.05, 4.69) is 10.3 Å². The number of rotatable bonds is 5. The van der Waals surface area contributed by atoms with Crippen LogP contribution in [-0.4, -0.2) is 15.8 Å². The molecule has 3 aromatic rings. The van der Waals surface area contributed by atoms with Crippen molar-refractivity contribution in [1.82, 2.24) is 4.98 Å². The minimum Gasteiger partial charge on any atom is -0.298 e. The molecule has 0 saturated carbocycles. The Hall–Kier alpha value is -2.55. The second-order valence-electron chi connectivity index (χ2n) is 4.81. The first-order valence-electron chi connectivity index (χ1n) is 6.96. The molecule has 0 aliphatic rings. The second kappa shape index (κ2) is 7.56. The van der Waals surface area contributed by atoms with Crippen LogP contribution in [0.5, 0.6) is 0 Å². The molecule has 1 N–H and O–H groups in total. The van der Waals surface area contributed by atoms with Gasteiger partial charge in [-0.05, 0) is 35.9 Å². The van der Waals surface area contributed by atoms with Crippen molar-refractivity contribution in [2.75, 3.05) is 5.32 Å². The van der Waals surface area contributed by atoms with Gasteiger partial charge in [0.05, 0.1) is 19.8 Å². The number of carbonyl (C=O) groups excluding carboxylic acids is 1. The summed E-state index contributed by atoms with van der Waals surface area (Å²) < 4.78 is 0.680. The van der Waals surface area contributed by atoms with Crippen molar-refractivity contribution < 1.29 is 9.72 Å². The van der Waals surface area contributed by atoms with E-state index in [-0.39, 0.29) is 11.6 Å². The number of amides is 1. The molecule has 0 radical (unpaired) electrons. The topological polar surface area (TPSA) is 85.1 Å². The van der Waals surface area contributed by atoms with Gasteiger partial charge in [-0.25, -0.2) is 4.98 Å². The Kier molecular flexibility index (Phi) is 5.22. The lowest BCUT2D eigenvalue weighted by atomic mass is 10.2. The highest BCUT2D eigenvalue weighted by Gasteiger charge is 2.08. The molecule has 1 amide bonds. The number of thiazole rings is 1. The average Bonchev–Trinajstić information content (AvgIpc) is 3.22. The van der Waals surface area contributed by atoms with Gasteiger partial charge in [-0.15, -0.1) is 22.7 Å². The van der Waals surface area contributed by atoms with Crippen molar-refractivity contribution in [3.63, 3.8) is 0 Å². The van der Waals surface area contributed by atoms with E-state index >= 15 is 0 Å². The molecule has 2 heterocycles. The minimum absolute atomic E-state index is 0.00518. The molecule has 3 rings (SSSR count). The Balaban J connectivity index is 1.62. The van der Waals surface area contributed by atoms with Gasteiger partial charge in [0.25, 0.3) is 5.69 Å². The molecule has 0 aliphatic heterocycles. The highest BCUT2D eigenvalue weighted by molar-refractivity contribution is 7.20. The summed E-state index contributed by atoms with van der Waals surface area (Å²) in [7, 11) is 0. The molecule has 0 unspecified atom stereocenters. The van der Waals surface area contributed by atoms with Gasteiger partial charge in [-0.2, -0.15) is 0 Å². The zero-order valence-corrected chi connectivity index (χ0v) is 14.9. The van der Waals surface area contributed by atoms with Gasteiger partial charge in [0.1, 0.15) is 0 Å². The normalized spacial score (nSPS) is 10.9. The molecule has 126 valence electrons. The zero-order valence-electron chi connectivity index (χ0n) is 12.5. The van der Waals surface area contributed by atoms with Gasteiger partial charge in [0, 0.05) is 23.6 Å².